The van der Waals surface area contributed by atoms with Crippen LogP contribution in [0.2, 0.25) is 0 Å². The summed E-state index contributed by atoms with van der Waals surface area (Å²) in [7, 11) is 1.80. The van der Waals surface area contributed by atoms with Crippen molar-refractivity contribution < 1.29 is 0 Å². The molecule has 116 valence electrons. The van der Waals surface area contributed by atoms with Crippen LogP contribution in [-0.4, -0.2) is 30.7 Å². The minimum atomic E-state index is 0. The molecule has 0 bridgehead atoms. The fourth-order valence-corrected chi connectivity index (χ4v) is 3.32. The van der Waals surface area contributed by atoms with Gasteiger partial charge in [-0.05, 0) is 46.6 Å². The van der Waals surface area contributed by atoms with Crippen LogP contribution in [0.3, 0.4) is 0 Å². The van der Waals surface area contributed by atoms with Crippen molar-refractivity contribution in [1.29, 1.82) is 0 Å². The number of thiophene rings is 1. The summed E-state index contributed by atoms with van der Waals surface area (Å²) in [5, 5.41) is 6.64. The highest BCUT2D eigenvalue weighted by atomic mass is 127. The molecule has 0 radical (unpaired) electrons. The number of hydrogen-bond donors (Lipinski definition) is 2. The van der Waals surface area contributed by atoms with Gasteiger partial charge in [-0.1, -0.05) is 0 Å². The Bertz CT molecular complexity index is 539. The second kappa shape index (κ2) is 10.2. The predicted octanol–water partition coefficient (Wildman–Crippen LogP) is 3.34. The lowest BCUT2D eigenvalue weighted by Crippen LogP contribution is -2.39. The van der Waals surface area contributed by atoms with Crippen LogP contribution >= 0.6 is 51.2 Å². The molecule has 0 spiro atoms. The molecule has 0 saturated heterocycles. The van der Waals surface area contributed by atoms with Gasteiger partial charge in [0.05, 0.1) is 3.79 Å². The van der Waals surface area contributed by atoms with E-state index in [1.54, 1.807) is 18.4 Å². The van der Waals surface area contributed by atoms with E-state index in [1.807, 2.05) is 12.1 Å². The second-order valence-corrected chi connectivity index (χ2v) is 6.85. The van der Waals surface area contributed by atoms with Crippen LogP contribution in [0.15, 0.2) is 45.4 Å². The lowest BCUT2D eigenvalue weighted by molar-refractivity contribution is 0.665. The summed E-state index contributed by atoms with van der Waals surface area (Å²) >= 11 is 5.26. The van der Waals surface area contributed by atoms with Gasteiger partial charge in [0.1, 0.15) is 0 Å². The largest absolute Gasteiger partial charge is 0.356 e. The second-order valence-electron chi connectivity index (χ2n) is 4.30. The Morgan fingerprint density at radius 1 is 1.24 bits per heavy atom. The molecule has 0 saturated carbocycles. The molecule has 0 aromatic carbocycles. The first-order chi connectivity index (χ1) is 9.78. The van der Waals surface area contributed by atoms with Gasteiger partial charge >= 0.3 is 0 Å². The summed E-state index contributed by atoms with van der Waals surface area (Å²) in [4.78, 5) is 5.59. The number of aliphatic imine (C=N–C) groups is 1. The molecule has 2 N–H and O–H groups in total. The van der Waals surface area contributed by atoms with Crippen molar-refractivity contribution in [1.82, 2.24) is 15.2 Å². The highest BCUT2D eigenvalue weighted by Gasteiger charge is 2.00. The Kier molecular flexibility index (Phi) is 9.02. The third-order valence-electron chi connectivity index (χ3n) is 2.84. The van der Waals surface area contributed by atoms with Gasteiger partial charge in [-0.25, -0.2) is 0 Å². The molecule has 0 unspecified atom stereocenters. The number of aromatic nitrogens is 1. The summed E-state index contributed by atoms with van der Waals surface area (Å²) < 4.78 is 3.32. The van der Waals surface area contributed by atoms with Crippen molar-refractivity contribution in [3.05, 3.63) is 45.3 Å². The van der Waals surface area contributed by atoms with Gasteiger partial charge in [0.15, 0.2) is 5.96 Å². The maximum absolute atomic E-state index is 4.22. The van der Waals surface area contributed by atoms with E-state index in [-0.39, 0.29) is 24.0 Å². The van der Waals surface area contributed by atoms with Gasteiger partial charge in [0.25, 0.3) is 0 Å². The van der Waals surface area contributed by atoms with E-state index in [0.717, 1.165) is 32.0 Å². The Hall–Kier alpha value is -0.540. The molecule has 2 aromatic rings. The van der Waals surface area contributed by atoms with E-state index in [9.17, 15) is 0 Å². The zero-order chi connectivity index (χ0) is 14.2. The monoisotopic (exact) mass is 482 g/mol. The van der Waals surface area contributed by atoms with Crippen molar-refractivity contribution in [3.63, 3.8) is 0 Å². The molecule has 0 atom stereocenters. The fraction of sp³-hybridized carbons (Fsp3) is 0.357. The third kappa shape index (κ3) is 6.84. The molecule has 2 aromatic heterocycles. The molecule has 7 heteroatoms. The molecule has 0 fully saturated rings. The standard InChI is InChI=1S/C14H19BrN4S.HI/c1-16-14(18-8-11-19-9-2-3-10-19)17-7-6-12-4-5-13(15)20-12;/h2-5,9-10H,6-8,11H2,1H3,(H2,16,17,18);1H. The topological polar surface area (TPSA) is 41.4 Å². The van der Waals surface area contributed by atoms with Crippen LogP contribution in [0.5, 0.6) is 0 Å². The van der Waals surface area contributed by atoms with E-state index in [2.05, 4.69) is 60.6 Å². The van der Waals surface area contributed by atoms with E-state index in [1.165, 1.54) is 8.66 Å². The van der Waals surface area contributed by atoms with Crippen molar-refractivity contribution in [2.45, 2.75) is 13.0 Å². The first kappa shape index (κ1) is 18.5. The normalized spacial score (nSPS) is 11.0. The van der Waals surface area contributed by atoms with E-state index in [0.29, 0.717) is 0 Å². The van der Waals surface area contributed by atoms with E-state index in [4.69, 9.17) is 0 Å². The number of hydrogen-bond acceptors (Lipinski definition) is 2. The maximum Gasteiger partial charge on any atom is 0.191 e. The molecular weight excluding hydrogens is 463 g/mol. The Morgan fingerprint density at radius 3 is 2.57 bits per heavy atom. The number of rotatable bonds is 6. The molecule has 0 aliphatic heterocycles. The molecule has 4 nitrogen and oxygen atoms in total. The van der Waals surface area contributed by atoms with Crippen molar-refractivity contribution >= 4 is 57.2 Å². The Balaban J connectivity index is 0.00000220. The first-order valence-electron chi connectivity index (χ1n) is 6.57. The van der Waals surface area contributed by atoms with Crippen molar-refractivity contribution in [2.24, 2.45) is 4.99 Å². The Morgan fingerprint density at radius 2 is 1.95 bits per heavy atom. The summed E-state index contributed by atoms with van der Waals surface area (Å²) in [6.45, 7) is 2.68. The van der Waals surface area contributed by atoms with Gasteiger partial charge < -0.3 is 15.2 Å². The smallest absolute Gasteiger partial charge is 0.191 e. The van der Waals surface area contributed by atoms with Gasteiger partial charge in [-0.15, -0.1) is 35.3 Å². The number of halogens is 2. The summed E-state index contributed by atoms with van der Waals surface area (Å²) in [5.74, 6) is 0.854. The van der Waals surface area contributed by atoms with Gasteiger partial charge in [0.2, 0.25) is 0 Å². The molecular formula is C14H20BrIN4S. The lowest BCUT2D eigenvalue weighted by atomic mass is 10.3. The van der Waals surface area contributed by atoms with Gasteiger partial charge in [-0.3, -0.25) is 4.99 Å². The zero-order valence-corrected chi connectivity index (χ0v) is 16.6. The van der Waals surface area contributed by atoms with Crippen LogP contribution < -0.4 is 10.6 Å². The van der Waals surface area contributed by atoms with E-state index < -0.39 is 0 Å². The van der Waals surface area contributed by atoms with Crippen LogP contribution in [0, 0.1) is 0 Å². The van der Waals surface area contributed by atoms with Crippen LogP contribution in [0.4, 0.5) is 0 Å². The van der Waals surface area contributed by atoms with E-state index >= 15 is 0 Å². The molecule has 0 amide bonds. The number of nitrogens with zero attached hydrogens (tertiary/aromatic N) is 2. The molecule has 0 aliphatic rings. The van der Waals surface area contributed by atoms with Gasteiger partial charge in [-0.2, -0.15) is 0 Å². The highest BCUT2D eigenvalue weighted by molar-refractivity contribution is 14.0. The number of nitrogens with one attached hydrogen (secondary N) is 2. The zero-order valence-electron chi connectivity index (χ0n) is 11.9. The molecule has 0 aliphatic carbocycles. The lowest BCUT2D eigenvalue weighted by Gasteiger charge is -2.11. The molecule has 21 heavy (non-hydrogen) atoms. The third-order valence-corrected chi connectivity index (χ3v) is 4.53. The molecule has 2 rings (SSSR count). The molecule has 2 heterocycles. The maximum atomic E-state index is 4.22. The van der Waals surface area contributed by atoms with Crippen molar-refractivity contribution in [3.8, 4) is 0 Å². The fourth-order valence-electron chi connectivity index (χ4n) is 1.83. The van der Waals surface area contributed by atoms with Crippen molar-refractivity contribution in [2.75, 3.05) is 20.1 Å². The average Bonchev–Trinajstić information content (AvgIpc) is 3.09. The number of guanidine groups is 1. The highest BCUT2D eigenvalue weighted by Crippen LogP contribution is 2.21. The summed E-state index contributed by atoms with van der Waals surface area (Å²) in [5.41, 5.74) is 0. The quantitative estimate of drug-likeness (QED) is 0.376. The van der Waals surface area contributed by atoms with Crippen LogP contribution in [-0.2, 0) is 13.0 Å². The average molecular weight is 483 g/mol. The van der Waals surface area contributed by atoms with Crippen LogP contribution in [0.25, 0.3) is 0 Å². The summed E-state index contributed by atoms with van der Waals surface area (Å²) in [6.07, 6.45) is 5.13. The summed E-state index contributed by atoms with van der Waals surface area (Å²) in [6, 6.07) is 8.31. The predicted molar refractivity (Wildman–Crippen MR) is 105 cm³/mol. The van der Waals surface area contributed by atoms with Crippen LogP contribution in [0.1, 0.15) is 4.88 Å². The SMILES string of the molecule is CN=C(NCCc1ccc(Br)s1)NCCn1cccc1.I. The first-order valence-corrected chi connectivity index (χ1v) is 8.18. The minimum Gasteiger partial charge on any atom is -0.356 e. The van der Waals surface area contributed by atoms with Gasteiger partial charge in [0, 0.05) is 44.0 Å². The Labute approximate surface area is 155 Å². The minimum absolute atomic E-state index is 0.